The summed E-state index contributed by atoms with van der Waals surface area (Å²) >= 11 is 6.04. The van der Waals surface area contributed by atoms with Crippen LogP contribution in [0, 0.1) is 13.8 Å². The second-order valence-electron chi connectivity index (χ2n) is 4.37. The van der Waals surface area contributed by atoms with Crippen LogP contribution in [0.1, 0.15) is 11.1 Å². The highest BCUT2D eigenvalue weighted by atomic mass is 35.5. The second-order valence-corrected chi connectivity index (χ2v) is 6.40. The molecule has 4 nitrogen and oxygen atoms in total. The van der Waals surface area contributed by atoms with Gasteiger partial charge in [0.25, 0.3) is 10.0 Å². The third kappa shape index (κ3) is 3.30. The highest BCUT2D eigenvalue weighted by Crippen LogP contribution is 2.25. The van der Waals surface area contributed by atoms with Crippen molar-refractivity contribution in [2.75, 3.05) is 0 Å². The van der Waals surface area contributed by atoms with Crippen LogP contribution in [0.2, 0.25) is 5.02 Å². The van der Waals surface area contributed by atoms with Crippen LogP contribution in [0.5, 0.6) is 5.75 Å². The molecule has 0 atom stereocenters. The molecule has 0 aliphatic carbocycles. The molecule has 6 heteroatoms. The van der Waals surface area contributed by atoms with E-state index in [1.807, 2.05) is 13.8 Å². The zero-order chi connectivity index (χ0) is 14.8. The fraction of sp³-hybridized carbons (Fsp3) is 0.143. The van der Waals surface area contributed by atoms with Gasteiger partial charge in [-0.05, 0) is 54.1 Å². The fourth-order valence-electron chi connectivity index (χ4n) is 1.72. The van der Waals surface area contributed by atoms with Crippen molar-refractivity contribution in [1.29, 1.82) is 0 Å². The van der Waals surface area contributed by atoms with Crippen molar-refractivity contribution in [3.05, 3.63) is 58.6 Å². The molecule has 2 rings (SSSR count). The molecule has 2 aromatic carbocycles. The van der Waals surface area contributed by atoms with Crippen LogP contribution in [-0.2, 0) is 10.0 Å². The lowest BCUT2D eigenvalue weighted by molar-refractivity contribution is 0.268. The van der Waals surface area contributed by atoms with E-state index in [1.165, 1.54) is 12.1 Å². The van der Waals surface area contributed by atoms with Gasteiger partial charge in [0.2, 0.25) is 0 Å². The van der Waals surface area contributed by atoms with Crippen molar-refractivity contribution in [1.82, 2.24) is 4.89 Å². The molecule has 0 saturated heterocycles. The maximum Gasteiger partial charge on any atom is 0.271 e. The van der Waals surface area contributed by atoms with Gasteiger partial charge in [0, 0.05) is 5.02 Å². The monoisotopic (exact) mass is 311 g/mol. The standard InChI is InChI=1S/C14H14ClNO3S/c1-10-8-12(9-11(2)14(10)15)19-16-20(17,18)13-6-4-3-5-7-13/h3-9,16H,1-2H3. The molecular formula is C14H14ClNO3S. The maximum atomic E-state index is 12.0. The molecule has 0 bridgehead atoms. The Morgan fingerprint density at radius 1 is 1.05 bits per heavy atom. The fourth-order valence-corrected chi connectivity index (χ4v) is 2.64. The Morgan fingerprint density at radius 2 is 1.60 bits per heavy atom. The van der Waals surface area contributed by atoms with Gasteiger partial charge in [-0.2, -0.15) is 0 Å². The van der Waals surface area contributed by atoms with E-state index in [9.17, 15) is 8.42 Å². The molecule has 0 spiro atoms. The average molecular weight is 312 g/mol. The highest BCUT2D eigenvalue weighted by molar-refractivity contribution is 7.89. The van der Waals surface area contributed by atoms with E-state index in [1.54, 1.807) is 30.3 Å². The van der Waals surface area contributed by atoms with Crippen LogP contribution < -0.4 is 9.72 Å². The van der Waals surface area contributed by atoms with Crippen molar-refractivity contribution in [3.8, 4) is 5.75 Å². The Balaban J connectivity index is 2.17. The lowest BCUT2D eigenvalue weighted by Crippen LogP contribution is -2.27. The van der Waals surface area contributed by atoms with E-state index in [0.29, 0.717) is 10.8 Å². The molecule has 20 heavy (non-hydrogen) atoms. The molecule has 0 aliphatic heterocycles. The van der Waals surface area contributed by atoms with E-state index < -0.39 is 10.0 Å². The van der Waals surface area contributed by atoms with Gasteiger partial charge in [0.15, 0.2) is 0 Å². The van der Waals surface area contributed by atoms with Crippen LogP contribution in [0.4, 0.5) is 0 Å². The van der Waals surface area contributed by atoms with Gasteiger partial charge in [-0.1, -0.05) is 29.8 Å². The van der Waals surface area contributed by atoms with Crippen LogP contribution in [-0.4, -0.2) is 8.42 Å². The van der Waals surface area contributed by atoms with E-state index in [-0.39, 0.29) is 4.90 Å². The quantitative estimate of drug-likeness (QED) is 0.882. The Bertz CT molecular complexity index is 691. The topological polar surface area (TPSA) is 55.4 Å². The number of aryl methyl sites for hydroxylation is 2. The number of sulfonamides is 1. The molecule has 2 aromatic rings. The summed E-state index contributed by atoms with van der Waals surface area (Å²) in [5.74, 6) is 0.393. The molecule has 0 aromatic heterocycles. The minimum absolute atomic E-state index is 0.141. The number of halogens is 1. The Hall–Kier alpha value is -1.56. The number of rotatable bonds is 4. The molecule has 0 aliphatic rings. The summed E-state index contributed by atoms with van der Waals surface area (Å²) < 4.78 is 24.0. The van der Waals surface area contributed by atoms with Gasteiger partial charge < -0.3 is 4.84 Å². The number of hydrogen-bond acceptors (Lipinski definition) is 3. The minimum atomic E-state index is -3.70. The average Bonchev–Trinajstić information content (AvgIpc) is 2.43. The normalized spacial score (nSPS) is 11.3. The van der Waals surface area contributed by atoms with E-state index in [4.69, 9.17) is 16.4 Å². The molecule has 0 radical (unpaired) electrons. The highest BCUT2D eigenvalue weighted by Gasteiger charge is 2.14. The molecule has 0 amide bonds. The van der Waals surface area contributed by atoms with E-state index >= 15 is 0 Å². The minimum Gasteiger partial charge on any atom is -0.394 e. The zero-order valence-corrected chi connectivity index (χ0v) is 12.6. The summed E-state index contributed by atoms with van der Waals surface area (Å²) in [6, 6.07) is 11.3. The van der Waals surface area contributed by atoms with Crippen molar-refractivity contribution >= 4 is 21.6 Å². The lowest BCUT2D eigenvalue weighted by Gasteiger charge is -2.10. The SMILES string of the molecule is Cc1cc(ONS(=O)(=O)c2ccccc2)cc(C)c1Cl. The van der Waals surface area contributed by atoms with Gasteiger partial charge in [0.1, 0.15) is 5.75 Å². The van der Waals surface area contributed by atoms with E-state index in [0.717, 1.165) is 11.1 Å². The summed E-state index contributed by atoms with van der Waals surface area (Å²) in [6.45, 7) is 3.65. The first-order valence-electron chi connectivity index (χ1n) is 5.90. The van der Waals surface area contributed by atoms with Crippen molar-refractivity contribution < 1.29 is 13.3 Å². The third-order valence-electron chi connectivity index (χ3n) is 2.73. The van der Waals surface area contributed by atoms with Crippen LogP contribution >= 0.6 is 11.6 Å². The maximum absolute atomic E-state index is 12.0. The Labute approximate surface area is 123 Å². The van der Waals surface area contributed by atoms with Crippen molar-refractivity contribution in [2.24, 2.45) is 0 Å². The molecule has 0 fully saturated rings. The molecule has 1 N–H and O–H groups in total. The smallest absolute Gasteiger partial charge is 0.271 e. The van der Waals surface area contributed by atoms with Gasteiger partial charge in [0.05, 0.1) is 4.90 Å². The van der Waals surface area contributed by atoms with Crippen molar-refractivity contribution in [2.45, 2.75) is 18.7 Å². The number of benzene rings is 2. The second kappa shape index (κ2) is 5.83. The molecule has 0 heterocycles. The van der Waals surface area contributed by atoms with Crippen molar-refractivity contribution in [3.63, 3.8) is 0 Å². The number of hydrogen-bond donors (Lipinski definition) is 1. The zero-order valence-electron chi connectivity index (χ0n) is 11.1. The van der Waals surface area contributed by atoms with Crippen LogP contribution in [0.15, 0.2) is 47.4 Å². The lowest BCUT2D eigenvalue weighted by atomic mass is 10.1. The predicted octanol–water partition coefficient (Wildman–Crippen LogP) is 3.23. The summed E-state index contributed by atoms with van der Waals surface area (Å²) in [5.41, 5.74) is 1.64. The first kappa shape index (κ1) is 14.8. The summed E-state index contributed by atoms with van der Waals surface area (Å²) in [4.78, 5) is 7.38. The van der Waals surface area contributed by atoms with E-state index in [2.05, 4.69) is 4.89 Å². The predicted molar refractivity (Wildman–Crippen MR) is 78.3 cm³/mol. The largest absolute Gasteiger partial charge is 0.394 e. The van der Waals surface area contributed by atoms with Crippen LogP contribution in [0.3, 0.4) is 0 Å². The third-order valence-corrected chi connectivity index (χ3v) is 4.52. The summed E-state index contributed by atoms with van der Waals surface area (Å²) in [7, 11) is -3.70. The van der Waals surface area contributed by atoms with Crippen LogP contribution in [0.25, 0.3) is 0 Å². The number of nitrogens with one attached hydrogen (secondary N) is 1. The molecule has 0 saturated carbocycles. The van der Waals surface area contributed by atoms with Gasteiger partial charge in [-0.3, -0.25) is 0 Å². The van der Waals surface area contributed by atoms with Gasteiger partial charge >= 0.3 is 0 Å². The molecular weight excluding hydrogens is 298 g/mol. The summed E-state index contributed by atoms with van der Waals surface area (Å²) in [5, 5.41) is 0.642. The molecule has 0 unspecified atom stereocenters. The first-order chi connectivity index (χ1) is 9.40. The Morgan fingerprint density at radius 3 is 2.15 bits per heavy atom. The first-order valence-corrected chi connectivity index (χ1v) is 7.77. The van der Waals surface area contributed by atoms with Gasteiger partial charge in [-0.15, -0.1) is 0 Å². The molecule has 106 valence electrons. The Kier molecular flexibility index (Phi) is 4.32. The van der Waals surface area contributed by atoms with Gasteiger partial charge in [-0.25, -0.2) is 8.42 Å². The summed E-state index contributed by atoms with van der Waals surface area (Å²) in [6.07, 6.45) is 0.